The molecule has 0 nitrogen and oxygen atoms in total. The van der Waals surface area contributed by atoms with Gasteiger partial charge in [0.25, 0.3) is 0 Å². The third-order valence-corrected chi connectivity index (χ3v) is 6.37. The largest absolute Gasteiger partial charge is 0.139 e. The van der Waals surface area contributed by atoms with Crippen LogP contribution in [0.15, 0.2) is 0 Å². The van der Waals surface area contributed by atoms with Crippen LogP contribution in [0.25, 0.3) is 9.40 Å². The van der Waals surface area contributed by atoms with Gasteiger partial charge in [0.15, 0.2) is 0 Å². The summed E-state index contributed by atoms with van der Waals surface area (Å²) < 4.78 is 3.35. The third kappa shape index (κ3) is 0.842. The molecule has 4 rings (SSSR count). The fourth-order valence-corrected chi connectivity index (χ4v) is 6.02. The lowest BCUT2D eigenvalue weighted by Gasteiger charge is -1.87. The smallest absolute Gasteiger partial charge is 0.0491 e. The van der Waals surface area contributed by atoms with E-state index < -0.39 is 0 Å². The summed E-state index contributed by atoms with van der Waals surface area (Å²) in [5.41, 5.74) is 3.45. The second-order valence-corrected chi connectivity index (χ2v) is 6.58. The molecule has 0 unspecified atom stereocenters. The van der Waals surface area contributed by atoms with Crippen molar-refractivity contribution in [3.63, 3.8) is 0 Å². The van der Waals surface area contributed by atoms with Gasteiger partial charge < -0.3 is 0 Å². The minimum Gasteiger partial charge on any atom is -0.139 e. The van der Waals surface area contributed by atoms with Gasteiger partial charge in [0.2, 0.25) is 0 Å². The molecule has 0 spiro atoms. The van der Waals surface area contributed by atoms with Gasteiger partial charge in [0.05, 0.1) is 0 Å². The number of hydrogen-bond donors (Lipinski definition) is 0. The lowest BCUT2D eigenvalue weighted by molar-refractivity contribution is 0.915. The standard InChI is InChI=1S/C12H12S2/c1-3-7-9(5-1)13-12-8-4-2-6-10(8)14-11(7)12/h1-6H2. The molecule has 2 heteroatoms. The van der Waals surface area contributed by atoms with Gasteiger partial charge in [-0.15, -0.1) is 22.7 Å². The molecule has 2 heterocycles. The highest BCUT2D eigenvalue weighted by Gasteiger charge is 2.25. The molecular weight excluding hydrogens is 208 g/mol. The Bertz CT molecular complexity index is 468. The topological polar surface area (TPSA) is 0 Å². The van der Waals surface area contributed by atoms with Crippen LogP contribution < -0.4 is 0 Å². The Morgan fingerprint density at radius 3 is 1.64 bits per heavy atom. The second-order valence-electron chi connectivity index (χ2n) is 4.37. The molecule has 2 aromatic heterocycles. The quantitative estimate of drug-likeness (QED) is 0.631. The zero-order chi connectivity index (χ0) is 9.12. The van der Waals surface area contributed by atoms with E-state index in [1.807, 2.05) is 0 Å². The van der Waals surface area contributed by atoms with Crippen molar-refractivity contribution in [3.05, 3.63) is 20.9 Å². The van der Waals surface area contributed by atoms with E-state index in [-0.39, 0.29) is 0 Å². The molecule has 0 bridgehead atoms. The average molecular weight is 220 g/mol. The van der Waals surface area contributed by atoms with E-state index in [0.717, 1.165) is 0 Å². The first-order valence-corrected chi connectivity index (χ1v) is 7.11. The zero-order valence-corrected chi connectivity index (χ0v) is 9.69. The molecule has 2 aliphatic carbocycles. The molecule has 14 heavy (non-hydrogen) atoms. The Balaban J connectivity index is 2.11. The summed E-state index contributed by atoms with van der Waals surface area (Å²) >= 11 is 4.22. The van der Waals surface area contributed by atoms with Crippen LogP contribution in [-0.2, 0) is 25.7 Å². The van der Waals surface area contributed by atoms with Crippen molar-refractivity contribution < 1.29 is 0 Å². The molecule has 0 radical (unpaired) electrons. The number of rotatable bonds is 0. The van der Waals surface area contributed by atoms with E-state index in [1.165, 1.54) is 38.5 Å². The molecule has 72 valence electrons. The summed E-state index contributed by atoms with van der Waals surface area (Å²) in [6.45, 7) is 0. The molecule has 2 aliphatic rings. The average Bonchev–Trinajstić information content (AvgIpc) is 2.80. The molecule has 0 saturated carbocycles. The number of aryl methyl sites for hydroxylation is 4. The Hall–Kier alpha value is -0.340. The molecule has 0 amide bonds. The van der Waals surface area contributed by atoms with Crippen LogP contribution in [0.3, 0.4) is 0 Å². The van der Waals surface area contributed by atoms with Crippen LogP contribution in [-0.4, -0.2) is 0 Å². The normalized spacial score (nSPS) is 19.1. The van der Waals surface area contributed by atoms with Crippen LogP contribution in [0.5, 0.6) is 0 Å². The van der Waals surface area contributed by atoms with E-state index in [1.54, 1.807) is 30.3 Å². The minimum absolute atomic E-state index is 1.36. The zero-order valence-electron chi connectivity index (χ0n) is 8.06. The highest BCUT2D eigenvalue weighted by atomic mass is 32.1. The van der Waals surface area contributed by atoms with Crippen molar-refractivity contribution in [2.75, 3.05) is 0 Å². The van der Waals surface area contributed by atoms with Crippen molar-refractivity contribution in [3.8, 4) is 0 Å². The SMILES string of the molecule is C1Cc2sc3c4c(sc3c2C1)CCC4. The molecule has 0 N–H and O–H groups in total. The maximum atomic E-state index is 2.11. The Labute approximate surface area is 91.6 Å². The fraction of sp³-hybridized carbons (Fsp3) is 0.500. The summed E-state index contributed by atoms with van der Waals surface area (Å²) in [6.07, 6.45) is 8.23. The molecular formula is C12H12S2. The van der Waals surface area contributed by atoms with Crippen LogP contribution in [0.1, 0.15) is 33.7 Å². The maximum absolute atomic E-state index is 2.11. The van der Waals surface area contributed by atoms with Crippen molar-refractivity contribution in [2.24, 2.45) is 0 Å². The lowest BCUT2D eigenvalue weighted by Crippen LogP contribution is -1.72. The lowest BCUT2D eigenvalue weighted by atomic mass is 10.2. The van der Waals surface area contributed by atoms with Gasteiger partial charge >= 0.3 is 0 Å². The first-order chi connectivity index (χ1) is 6.93. The van der Waals surface area contributed by atoms with Gasteiger partial charge in [0, 0.05) is 19.2 Å². The number of fused-ring (bicyclic) bond motifs is 5. The minimum atomic E-state index is 1.36. The van der Waals surface area contributed by atoms with E-state index in [2.05, 4.69) is 22.7 Å². The van der Waals surface area contributed by atoms with Gasteiger partial charge in [-0.05, 0) is 49.7 Å². The summed E-state index contributed by atoms with van der Waals surface area (Å²) in [5.74, 6) is 0. The van der Waals surface area contributed by atoms with Crippen molar-refractivity contribution in [1.82, 2.24) is 0 Å². The Kier molecular flexibility index (Phi) is 1.47. The van der Waals surface area contributed by atoms with Gasteiger partial charge in [-0.2, -0.15) is 0 Å². The van der Waals surface area contributed by atoms with Gasteiger partial charge in [-0.3, -0.25) is 0 Å². The molecule has 0 aromatic carbocycles. The Morgan fingerprint density at radius 1 is 0.643 bits per heavy atom. The molecule has 0 atom stereocenters. The summed E-state index contributed by atoms with van der Waals surface area (Å²) in [6, 6.07) is 0. The predicted octanol–water partition coefficient (Wildman–Crippen LogP) is 3.94. The van der Waals surface area contributed by atoms with Gasteiger partial charge in [-0.1, -0.05) is 0 Å². The monoisotopic (exact) mass is 220 g/mol. The van der Waals surface area contributed by atoms with E-state index in [0.29, 0.717) is 0 Å². The third-order valence-electron chi connectivity index (χ3n) is 3.54. The fourth-order valence-electron chi connectivity index (χ4n) is 2.87. The van der Waals surface area contributed by atoms with E-state index in [4.69, 9.17) is 0 Å². The van der Waals surface area contributed by atoms with Crippen LogP contribution in [0.2, 0.25) is 0 Å². The predicted molar refractivity (Wildman–Crippen MR) is 63.8 cm³/mol. The Morgan fingerprint density at radius 2 is 1.14 bits per heavy atom. The van der Waals surface area contributed by atoms with Crippen LogP contribution >= 0.6 is 22.7 Å². The summed E-state index contributed by atoms with van der Waals surface area (Å²) in [4.78, 5) is 3.42. The first-order valence-electron chi connectivity index (χ1n) is 5.48. The second kappa shape index (κ2) is 2.61. The maximum Gasteiger partial charge on any atom is 0.0491 e. The van der Waals surface area contributed by atoms with Crippen molar-refractivity contribution in [1.29, 1.82) is 0 Å². The number of hydrogen-bond acceptors (Lipinski definition) is 2. The van der Waals surface area contributed by atoms with E-state index >= 15 is 0 Å². The van der Waals surface area contributed by atoms with Gasteiger partial charge in [0.1, 0.15) is 0 Å². The number of thiophene rings is 2. The molecule has 0 aliphatic heterocycles. The first kappa shape index (κ1) is 7.89. The van der Waals surface area contributed by atoms with Crippen molar-refractivity contribution in [2.45, 2.75) is 38.5 Å². The summed E-state index contributed by atoms with van der Waals surface area (Å²) in [5, 5.41) is 0. The highest BCUT2D eigenvalue weighted by Crippen LogP contribution is 2.47. The summed E-state index contributed by atoms with van der Waals surface area (Å²) in [7, 11) is 0. The van der Waals surface area contributed by atoms with Crippen LogP contribution in [0.4, 0.5) is 0 Å². The molecule has 2 aromatic rings. The van der Waals surface area contributed by atoms with Gasteiger partial charge in [-0.25, -0.2) is 0 Å². The molecule has 0 fully saturated rings. The molecule has 0 saturated heterocycles. The van der Waals surface area contributed by atoms with Crippen molar-refractivity contribution >= 4 is 32.1 Å². The van der Waals surface area contributed by atoms with Crippen LogP contribution in [0, 0.1) is 0 Å². The highest BCUT2D eigenvalue weighted by molar-refractivity contribution is 7.28. The van der Waals surface area contributed by atoms with E-state index in [9.17, 15) is 0 Å².